The summed E-state index contributed by atoms with van der Waals surface area (Å²) in [5, 5.41) is 11.0. The van der Waals surface area contributed by atoms with E-state index in [-0.39, 0.29) is 23.4 Å². The van der Waals surface area contributed by atoms with Crippen molar-refractivity contribution in [2.45, 2.75) is 17.9 Å². The molecule has 0 saturated carbocycles. The van der Waals surface area contributed by atoms with Gasteiger partial charge in [0.05, 0.1) is 33.4 Å². The van der Waals surface area contributed by atoms with E-state index in [9.17, 15) is 19.7 Å². The third-order valence-electron chi connectivity index (χ3n) is 6.21. The van der Waals surface area contributed by atoms with Crippen LogP contribution in [0.15, 0.2) is 99.1 Å². The van der Waals surface area contributed by atoms with Crippen LogP contribution < -0.4 is 14.9 Å². The quantitative estimate of drug-likeness (QED) is 0.143. The number of nitrogens with zero attached hydrogens (tertiary/aromatic N) is 3. The fourth-order valence-electron chi connectivity index (χ4n) is 4.39. The lowest BCUT2D eigenvalue weighted by molar-refractivity contribution is -0.384. The molecule has 1 aromatic heterocycles. The molecule has 10 heteroatoms. The van der Waals surface area contributed by atoms with E-state index in [1.165, 1.54) is 28.0 Å². The van der Waals surface area contributed by atoms with Crippen molar-refractivity contribution in [3.63, 3.8) is 0 Å². The van der Waals surface area contributed by atoms with Gasteiger partial charge in [0.25, 0.3) is 11.2 Å². The number of hydrogen-bond acceptors (Lipinski definition) is 8. The number of hydrogen-bond donors (Lipinski definition) is 0. The Kier molecular flexibility index (Phi) is 7.58. The van der Waals surface area contributed by atoms with E-state index in [2.05, 4.69) is 0 Å². The molecule has 0 aliphatic carbocycles. The Bertz CT molecular complexity index is 1760. The molecule has 0 unspecified atom stereocenters. The maximum absolute atomic E-state index is 13.9. The largest absolute Gasteiger partial charge is 0.463 e. The minimum absolute atomic E-state index is 0.0334. The van der Waals surface area contributed by atoms with Crippen molar-refractivity contribution in [2.24, 2.45) is 4.99 Å². The van der Waals surface area contributed by atoms with Crippen LogP contribution >= 0.6 is 23.1 Å². The molecule has 0 N–H and O–H groups in total. The highest BCUT2D eigenvalue weighted by Crippen LogP contribution is 2.35. The van der Waals surface area contributed by atoms with Crippen LogP contribution in [0, 0.1) is 10.1 Å². The number of esters is 1. The standard InChI is InChI=1S/C29H23N3O5S2/c1-3-37-28(34)24-25(19-7-5-4-6-8-19)30-29-31(26(24)20-11-15-22(38-2)16-12-20)27(33)23(39-29)17-18-9-13-21(14-10-18)32(35)36/h4-17,26H,3H2,1-2H3/b23-17-/t26-/m1/s1. The number of nitro benzene ring substituents is 1. The number of ether oxygens (including phenoxy) is 1. The van der Waals surface area contributed by atoms with Crippen LogP contribution in [-0.4, -0.2) is 28.3 Å². The predicted molar refractivity (Wildman–Crippen MR) is 152 cm³/mol. The van der Waals surface area contributed by atoms with Gasteiger partial charge in [0.15, 0.2) is 4.80 Å². The Balaban J connectivity index is 1.78. The first-order valence-electron chi connectivity index (χ1n) is 12.1. The first-order valence-corrected chi connectivity index (χ1v) is 14.1. The van der Waals surface area contributed by atoms with E-state index >= 15 is 0 Å². The second-order valence-corrected chi connectivity index (χ2v) is 10.4. The van der Waals surface area contributed by atoms with Gasteiger partial charge in [0.2, 0.25) is 0 Å². The molecule has 0 fully saturated rings. The summed E-state index contributed by atoms with van der Waals surface area (Å²) >= 11 is 2.80. The fourth-order valence-corrected chi connectivity index (χ4v) is 5.79. The Hall–Kier alpha value is -4.28. The lowest BCUT2D eigenvalue weighted by Gasteiger charge is -2.26. The van der Waals surface area contributed by atoms with Crippen LogP contribution in [-0.2, 0) is 9.53 Å². The van der Waals surface area contributed by atoms with Crippen molar-refractivity contribution in [2.75, 3.05) is 12.9 Å². The summed E-state index contributed by atoms with van der Waals surface area (Å²) in [6.45, 7) is 1.91. The van der Waals surface area contributed by atoms with Crippen molar-refractivity contribution in [3.05, 3.63) is 131 Å². The SMILES string of the molecule is CCOC(=O)C1=C(c2ccccc2)N=c2s/c(=C\c3ccc([N+](=O)[O-])cc3)c(=O)n2[C@@H]1c1ccc(SC)cc1. The topological polar surface area (TPSA) is 104 Å². The predicted octanol–water partition coefficient (Wildman–Crippen LogP) is 4.57. The molecule has 4 aromatic rings. The van der Waals surface area contributed by atoms with Crippen LogP contribution in [0.2, 0.25) is 0 Å². The van der Waals surface area contributed by atoms with Gasteiger partial charge in [-0.2, -0.15) is 0 Å². The zero-order valence-electron chi connectivity index (χ0n) is 21.1. The maximum atomic E-state index is 13.9. The molecule has 0 radical (unpaired) electrons. The number of carbonyl (C=O) groups excluding carboxylic acids is 1. The van der Waals surface area contributed by atoms with E-state index in [1.807, 2.05) is 60.9 Å². The van der Waals surface area contributed by atoms with Gasteiger partial charge < -0.3 is 4.74 Å². The average molecular weight is 558 g/mol. The molecule has 5 rings (SSSR count). The summed E-state index contributed by atoms with van der Waals surface area (Å²) in [7, 11) is 0. The molecular weight excluding hydrogens is 534 g/mol. The van der Waals surface area contributed by atoms with Crippen LogP contribution in [0.4, 0.5) is 5.69 Å². The molecule has 1 aliphatic rings. The minimum atomic E-state index is -0.759. The lowest BCUT2D eigenvalue weighted by Crippen LogP contribution is -2.40. The van der Waals surface area contributed by atoms with Gasteiger partial charge in [0, 0.05) is 22.6 Å². The number of fused-ring (bicyclic) bond motifs is 1. The molecule has 0 amide bonds. The third-order valence-corrected chi connectivity index (χ3v) is 7.93. The highest BCUT2D eigenvalue weighted by atomic mass is 32.2. The van der Waals surface area contributed by atoms with Crippen molar-refractivity contribution in [3.8, 4) is 0 Å². The van der Waals surface area contributed by atoms with Crippen LogP contribution in [0.25, 0.3) is 11.8 Å². The van der Waals surface area contributed by atoms with E-state index in [0.717, 1.165) is 16.0 Å². The van der Waals surface area contributed by atoms with Gasteiger partial charge in [-0.25, -0.2) is 9.79 Å². The molecule has 0 bridgehead atoms. The summed E-state index contributed by atoms with van der Waals surface area (Å²) in [5.74, 6) is -0.538. The number of nitro groups is 1. The molecule has 1 aliphatic heterocycles. The van der Waals surface area contributed by atoms with Gasteiger partial charge in [-0.05, 0) is 54.6 Å². The van der Waals surface area contributed by atoms with Crippen molar-refractivity contribution in [1.82, 2.24) is 4.57 Å². The van der Waals surface area contributed by atoms with Crippen LogP contribution in [0.1, 0.15) is 29.7 Å². The molecule has 8 nitrogen and oxygen atoms in total. The van der Waals surface area contributed by atoms with E-state index in [4.69, 9.17) is 9.73 Å². The first kappa shape index (κ1) is 26.3. The van der Waals surface area contributed by atoms with Crippen molar-refractivity contribution in [1.29, 1.82) is 0 Å². The van der Waals surface area contributed by atoms with E-state index in [1.54, 1.807) is 36.9 Å². The molecule has 3 aromatic carbocycles. The van der Waals surface area contributed by atoms with Gasteiger partial charge in [-0.1, -0.05) is 53.8 Å². The highest BCUT2D eigenvalue weighted by Gasteiger charge is 2.35. The Morgan fingerprint density at radius 3 is 2.41 bits per heavy atom. The second kappa shape index (κ2) is 11.2. The van der Waals surface area contributed by atoms with Gasteiger partial charge >= 0.3 is 5.97 Å². The summed E-state index contributed by atoms with van der Waals surface area (Å²) in [5.41, 5.74) is 2.52. The summed E-state index contributed by atoms with van der Waals surface area (Å²) in [4.78, 5) is 44.2. The number of thioether (sulfide) groups is 1. The van der Waals surface area contributed by atoms with Crippen molar-refractivity contribution < 1.29 is 14.5 Å². The van der Waals surface area contributed by atoms with E-state index in [0.29, 0.717) is 20.6 Å². The number of non-ortho nitro benzene ring substituents is 1. The average Bonchev–Trinajstić information content (AvgIpc) is 3.27. The Labute approximate surface area is 231 Å². The minimum Gasteiger partial charge on any atom is -0.463 e. The third kappa shape index (κ3) is 5.21. The van der Waals surface area contributed by atoms with Crippen LogP contribution in [0.3, 0.4) is 0 Å². The monoisotopic (exact) mass is 557 g/mol. The number of aromatic nitrogens is 1. The zero-order valence-corrected chi connectivity index (χ0v) is 22.7. The first-order chi connectivity index (χ1) is 18.9. The normalized spacial score (nSPS) is 15.0. The molecular formula is C29H23N3O5S2. The molecule has 196 valence electrons. The van der Waals surface area contributed by atoms with Gasteiger partial charge in [-0.3, -0.25) is 19.5 Å². The van der Waals surface area contributed by atoms with E-state index < -0.39 is 16.9 Å². The summed E-state index contributed by atoms with van der Waals surface area (Å²) < 4.78 is 7.41. The number of carbonyl (C=O) groups is 1. The molecule has 2 heterocycles. The second-order valence-electron chi connectivity index (χ2n) is 8.55. The summed E-state index contributed by atoms with van der Waals surface area (Å²) in [6.07, 6.45) is 3.66. The molecule has 39 heavy (non-hydrogen) atoms. The van der Waals surface area contributed by atoms with Crippen molar-refractivity contribution >= 4 is 46.5 Å². The molecule has 0 saturated heterocycles. The van der Waals surface area contributed by atoms with Gasteiger partial charge in [0.1, 0.15) is 0 Å². The number of benzene rings is 3. The Morgan fingerprint density at radius 1 is 1.10 bits per heavy atom. The summed E-state index contributed by atoms with van der Waals surface area (Å²) in [6, 6.07) is 22.3. The van der Waals surface area contributed by atoms with Crippen LogP contribution in [0.5, 0.6) is 0 Å². The Morgan fingerprint density at radius 2 is 1.79 bits per heavy atom. The number of rotatable bonds is 7. The zero-order chi connectivity index (χ0) is 27.5. The fraction of sp³-hybridized carbons (Fsp3) is 0.138. The lowest BCUT2D eigenvalue weighted by atomic mass is 9.93. The number of thiazole rings is 1. The molecule has 0 spiro atoms. The van der Waals surface area contributed by atoms with Gasteiger partial charge in [-0.15, -0.1) is 11.8 Å². The highest BCUT2D eigenvalue weighted by molar-refractivity contribution is 7.98. The maximum Gasteiger partial charge on any atom is 0.338 e. The molecule has 1 atom stereocenters. The smallest absolute Gasteiger partial charge is 0.338 e.